The van der Waals surface area contributed by atoms with Crippen LogP contribution in [0.2, 0.25) is 36.3 Å². The number of esters is 1. The van der Waals surface area contributed by atoms with E-state index < -0.39 is 16.6 Å². The molecule has 0 unspecified atom stereocenters. The highest BCUT2D eigenvalue weighted by Gasteiger charge is 2.47. The number of carbonyl (C=O) groups excluding carboxylic acids is 1. The van der Waals surface area contributed by atoms with Crippen LogP contribution in [0.3, 0.4) is 0 Å². The second-order valence-corrected chi connectivity index (χ2v) is 26.2. The number of thioether (sulfide) groups is 2. The molecule has 3 saturated heterocycles. The summed E-state index contributed by atoms with van der Waals surface area (Å²) in [6.07, 6.45) is 6.76. The molecule has 4 nitrogen and oxygen atoms in total. The van der Waals surface area contributed by atoms with E-state index in [-0.39, 0.29) is 28.3 Å². The summed E-state index contributed by atoms with van der Waals surface area (Å²) in [6.45, 7) is 24.1. The predicted molar refractivity (Wildman–Crippen MR) is 153 cm³/mol. The van der Waals surface area contributed by atoms with Crippen molar-refractivity contribution in [1.29, 1.82) is 0 Å². The molecule has 0 radical (unpaired) electrons. The summed E-state index contributed by atoms with van der Waals surface area (Å²) < 4.78 is 19.4. The fraction of sp³-hybridized carbons (Fsp3) is 0.962. The first-order valence-corrected chi connectivity index (χ1v) is 21.0. The first kappa shape index (κ1) is 29.1. The SMILES string of the molecule is CC(C)(C)[Si](C)(C)OC[C@@H](O[Si](C)(C)C(C)(C)C)[C@H]1CC[C@H]([C@H]2CC[C@H]([C@@H]3CCC(=O)O3)S2)S1. The summed E-state index contributed by atoms with van der Waals surface area (Å²) in [6, 6.07) is 0. The average Bonchev–Trinajstić information content (AvgIpc) is 3.42. The first-order valence-electron chi connectivity index (χ1n) is 13.3. The van der Waals surface area contributed by atoms with Crippen molar-refractivity contribution in [3.8, 4) is 0 Å². The third-order valence-corrected chi connectivity index (χ3v) is 21.8. The quantitative estimate of drug-likeness (QED) is 0.230. The fourth-order valence-electron chi connectivity index (χ4n) is 4.56. The lowest BCUT2D eigenvalue weighted by Gasteiger charge is -2.43. The lowest BCUT2D eigenvalue weighted by atomic mass is 10.0. The van der Waals surface area contributed by atoms with Gasteiger partial charge in [-0.25, -0.2) is 0 Å². The van der Waals surface area contributed by atoms with Crippen LogP contribution < -0.4 is 0 Å². The third-order valence-electron chi connectivity index (χ3n) is 9.00. The van der Waals surface area contributed by atoms with Gasteiger partial charge in [0.15, 0.2) is 16.6 Å². The molecule has 8 heteroatoms. The summed E-state index contributed by atoms with van der Waals surface area (Å²) in [4.78, 5) is 11.6. The molecule has 0 aromatic rings. The van der Waals surface area contributed by atoms with Gasteiger partial charge in [-0.3, -0.25) is 4.79 Å². The van der Waals surface area contributed by atoms with E-state index in [9.17, 15) is 4.79 Å². The van der Waals surface area contributed by atoms with Gasteiger partial charge >= 0.3 is 5.97 Å². The lowest BCUT2D eigenvalue weighted by Crippen LogP contribution is -2.50. The molecule has 0 aromatic carbocycles. The van der Waals surface area contributed by atoms with E-state index in [4.69, 9.17) is 13.6 Å². The van der Waals surface area contributed by atoms with Crippen LogP contribution in [0.1, 0.15) is 80.1 Å². The fourth-order valence-corrected chi connectivity index (χ4v) is 10.7. The summed E-state index contributed by atoms with van der Waals surface area (Å²) in [5, 5.41) is 2.76. The molecule has 0 aromatic heterocycles. The van der Waals surface area contributed by atoms with Crippen molar-refractivity contribution < 1.29 is 18.4 Å². The van der Waals surface area contributed by atoms with Gasteiger partial charge in [0.1, 0.15) is 6.10 Å². The maximum atomic E-state index is 11.6. The van der Waals surface area contributed by atoms with Crippen LogP contribution in [-0.4, -0.2) is 62.4 Å². The van der Waals surface area contributed by atoms with Crippen LogP contribution in [0.4, 0.5) is 0 Å². The highest BCUT2D eigenvalue weighted by atomic mass is 32.2. The molecule has 0 aliphatic carbocycles. The van der Waals surface area contributed by atoms with Crippen LogP contribution in [0.15, 0.2) is 0 Å². The first-order chi connectivity index (χ1) is 15.5. The Morgan fingerprint density at radius 3 is 1.97 bits per heavy atom. The zero-order chi connectivity index (χ0) is 25.5. The van der Waals surface area contributed by atoms with Crippen LogP contribution in [0.5, 0.6) is 0 Å². The molecule has 0 bridgehead atoms. The predicted octanol–water partition coefficient (Wildman–Crippen LogP) is 7.63. The molecule has 6 atom stereocenters. The molecular formula is C26H50O4S2Si2. The minimum atomic E-state index is -1.90. The number of hydrogen-bond acceptors (Lipinski definition) is 6. The zero-order valence-corrected chi connectivity index (χ0v) is 27.0. The maximum Gasteiger partial charge on any atom is 0.306 e. The highest BCUT2D eigenvalue weighted by Crippen LogP contribution is 2.50. The Labute approximate surface area is 220 Å². The van der Waals surface area contributed by atoms with E-state index in [2.05, 4.69) is 91.3 Å². The Morgan fingerprint density at radius 2 is 1.41 bits per heavy atom. The van der Waals surface area contributed by atoms with Crippen LogP contribution >= 0.6 is 23.5 Å². The van der Waals surface area contributed by atoms with E-state index in [1.807, 2.05) is 0 Å². The maximum absolute atomic E-state index is 11.6. The van der Waals surface area contributed by atoms with Gasteiger partial charge in [0.05, 0.1) is 12.7 Å². The molecule has 0 N–H and O–H groups in total. The van der Waals surface area contributed by atoms with Gasteiger partial charge in [-0.05, 0) is 68.4 Å². The van der Waals surface area contributed by atoms with Crippen LogP contribution in [0, 0.1) is 0 Å². The van der Waals surface area contributed by atoms with E-state index >= 15 is 0 Å². The Morgan fingerprint density at radius 1 is 0.853 bits per heavy atom. The van der Waals surface area contributed by atoms with Gasteiger partial charge in [0.2, 0.25) is 0 Å². The third kappa shape index (κ3) is 6.88. The highest BCUT2D eigenvalue weighted by molar-refractivity contribution is 8.04. The second-order valence-electron chi connectivity index (χ2n) is 13.6. The van der Waals surface area contributed by atoms with Crippen molar-refractivity contribution in [3.63, 3.8) is 0 Å². The van der Waals surface area contributed by atoms with Gasteiger partial charge < -0.3 is 13.6 Å². The lowest BCUT2D eigenvalue weighted by molar-refractivity contribution is -0.141. The van der Waals surface area contributed by atoms with Gasteiger partial charge in [0, 0.05) is 27.4 Å². The molecule has 0 saturated carbocycles. The summed E-state index contributed by atoms with van der Waals surface area (Å²) in [5.41, 5.74) is 0. The number of hydrogen-bond donors (Lipinski definition) is 0. The molecule has 0 spiro atoms. The largest absolute Gasteiger partial charge is 0.461 e. The van der Waals surface area contributed by atoms with Crippen molar-refractivity contribution >= 4 is 46.1 Å². The van der Waals surface area contributed by atoms with E-state index in [0.29, 0.717) is 27.4 Å². The number of carbonyl (C=O) groups is 1. The van der Waals surface area contributed by atoms with Gasteiger partial charge in [-0.2, -0.15) is 23.5 Å². The number of ether oxygens (including phenoxy) is 1. The number of cyclic esters (lactones) is 1. The molecule has 34 heavy (non-hydrogen) atoms. The van der Waals surface area contributed by atoms with Crippen molar-refractivity contribution in [2.75, 3.05) is 6.61 Å². The average molecular weight is 547 g/mol. The molecule has 3 rings (SSSR count). The molecule has 3 aliphatic rings. The summed E-state index contributed by atoms with van der Waals surface area (Å²) in [5.74, 6) is -0.00305. The molecule has 3 aliphatic heterocycles. The van der Waals surface area contributed by atoms with Gasteiger partial charge in [-0.1, -0.05) is 41.5 Å². The second kappa shape index (κ2) is 10.7. The topological polar surface area (TPSA) is 44.8 Å². The Bertz CT molecular complexity index is 717. The van der Waals surface area contributed by atoms with Gasteiger partial charge in [0.25, 0.3) is 0 Å². The molecule has 3 heterocycles. The normalized spacial score (nSPS) is 32.3. The smallest absolute Gasteiger partial charge is 0.306 e. The van der Waals surface area contributed by atoms with Gasteiger partial charge in [-0.15, -0.1) is 0 Å². The minimum Gasteiger partial charge on any atom is -0.461 e. The standard InChI is InChI=1S/C26H50O4S2Si2/c1-25(2,3)33(7,8)28-17-19(30-34(9,10)26(4,5)6)21-13-15-23(32-21)22-14-12-20(31-22)18-11-16-24(27)29-18/h18-23H,11-17H2,1-10H3/t18-,19+,20+,21+,22+,23+/m0/s1. The van der Waals surface area contributed by atoms with Crippen molar-refractivity contribution in [3.05, 3.63) is 0 Å². The van der Waals surface area contributed by atoms with E-state index in [1.165, 1.54) is 25.7 Å². The zero-order valence-electron chi connectivity index (χ0n) is 23.4. The van der Waals surface area contributed by atoms with Crippen molar-refractivity contribution in [2.24, 2.45) is 0 Å². The van der Waals surface area contributed by atoms with Crippen molar-refractivity contribution in [2.45, 2.75) is 150 Å². The van der Waals surface area contributed by atoms with Crippen LogP contribution in [0.25, 0.3) is 0 Å². The summed E-state index contributed by atoms with van der Waals surface area (Å²) >= 11 is 4.28. The Hall–Kier alpha value is 0.524. The minimum absolute atomic E-state index is 0.00305. The summed E-state index contributed by atoms with van der Waals surface area (Å²) in [7, 11) is -3.73. The van der Waals surface area contributed by atoms with Crippen molar-refractivity contribution in [1.82, 2.24) is 0 Å². The monoisotopic (exact) mass is 546 g/mol. The van der Waals surface area contributed by atoms with Crippen LogP contribution in [-0.2, 0) is 18.4 Å². The molecule has 0 amide bonds. The number of rotatable bonds is 8. The van der Waals surface area contributed by atoms with E-state index in [1.54, 1.807) is 0 Å². The Balaban J connectivity index is 1.64. The molecule has 198 valence electrons. The Kier molecular flexibility index (Phi) is 9.17. The molecule has 3 fully saturated rings. The van der Waals surface area contributed by atoms with E-state index in [0.717, 1.165) is 13.0 Å². The molecular weight excluding hydrogens is 497 g/mol.